The second-order valence-electron chi connectivity index (χ2n) is 22.8. The number of aliphatic hydroxyl groups excluding tert-OH is 1. The van der Waals surface area contributed by atoms with Crippen molar-refractivity contribution in [3.63, 3.8) is 0 Å². The number of carbonyl (C=O) groups excluding carboxylic acids is 2. The highest BCUT2D eigenvalue weighted by atomic mass is 16.5. The van der Waals surface area contributed by atoms with Crippen molar-refractivity contribution in [2.24, 2.45) is 34.5 Å². The topological polar surface area (TPSA) is 159 Å². The molecule has 1 spiro atoms. The van der Waals surface area contributed by atoms with Gasteiger partial charge in [-0.3, -0.25) is 9.59 Å². The molecular weight excluding hydrogens is 895 g/mol. The minimum Gasteiger partial charge on any atom is -0.504 e. The summed E-state index contributed by atoms with van der Waals surface area (Å²) >= 11 is 0. The zero-order valence-electron chi connectivity index (χ0n) is 43.1. The van der Waals surface area contributed by atoms with Crippen LogP contribution in [0.5, 0.6) is 11.5 Å². The van der Waals surface area contributed by atoms with Gasteiger partial charge in [-0.1, -0.05) is 85.7 Å². The molecular formula is C62H81N5O5. The summed E-state index contributed by atoms with van der Waals surface area (Å²) in [6.45, 7) is 5.63. The lowest BCUT2D eigenvalue weighted by molar-refractivity contribution is -0.124. The Morgan fingerprint density at radius 3 is 2.54 bits per heavy atom. The van der Waals surface area contributed by atoms with Gasteiger partial charge in [-0.15, -0.1) is 0 Å². The maximum Gasteiger partial charge on any atom is 0.163 e. The molecule has 3 aliphatic carbocycles. The minimum atomic E-state index is -0.396. The lowest BCUT2D eigenvalue weighted by Gasteiger charge is -2.52. The number of aromatic hydroxyl groups is 1. The number of phenolic OH excluding ortho intramolecular Hbond substituents is 1. The van der Waals surface area contributed by atoms with Crippen LogP contribution in [0.3, 0.4) is 0 Å². The number of ether oxygens (including phenoxy) is 1. The number of Topliss-reactive ketones (excluding diaryl/α,β-unsaturated/α-hetero) is 1. The average molecular weight is 976 g/mol. The number of allylic oxidation sites excluding steroid dienone is 1. The van der Waals surface area contributed by atoms with Gasteiger partial charge in [0, 0.05) is 37.8 Å². The summed E-state index contributed by atoms with van der Waals surface area (Å²) in [5.41, 5.74) is 14.1. The van der Waals surface area contributed by atoms with Crippen LogP contribution in [-0.4, -0.2) is 78.2 Å². The fourth-order valence-electron chi connectivity index (χ4n) is 14.4. The molecule has 8 atom stereocenters. The molecule has 72 heavy (non-hydrogen) atoms. The predicted octanol–water partition coefficient (Wildman–Crippen LogP) is 9.71. The molecule has 5 aliphatic rings. The van der Waals surface area contributed by atoms with Crippen LogP contribution in [-0.2, 0) is 41.7 Å². The summed E-state index contributed by atoms with van der Waals surface area (Å²) in [4.78, 5) is 31.9. The van der Waals surface area contributed by atoms with Crippen molar-refractivity contribution in [1.29, 1.82) is 0 Å². The van der Waals surface area contributed by atoms with Crippen LogP contribution >= 0.6 is 0 Å². The molecule has 10 heteroatoms. The Bertz CT molecular complexity index is 2530. The number of nitrogen functional groups attached to an aromatic ring is 1. The third-order valence-corrected chi connectivity index (χ3v) is 17.7. The molecule has 10 nitrogen and oxygen atoms in total. The number of ketones is 2. The number of hydrogen-bond donors (Lipinski definition) is 6. The number of rotatable bonds is 22. The highest BCUT2D eigenvalue weighted by molar-refractivity contribution is 6.06. The number of hydrogen-bond acceptors (Lipinski definition) is 10. The summed E-state index contributed by atoms with van der Waals surface area (Å²) < 4.78 is 5.52. The fourth-order valence-corrected chi connectivity index (χ4v) is 14.4. The largest absolute Gasteiger partial charge is 0.504 e. The van der Waals surface area contributed by atoms with Gasteiger partial charge in [-0.25, -0.2) is 4.98 Å². The quantitative estimate of drug-likeness (QED) is 0.0255. The lowest BCUT2D eigenvalue weighted by atomic mass is 9.57. The first-order chi connectivity index (χ1) is 35.0. The number of phenols is 1. The van der Waals surface area contributed by atoms with Crippen molar-refractivity contribution < 1.29 is 24.5 Å². The molecule has 4 fully saturated rings. The van der Waals surface area contributed by atoms with E-state index in [0.29, 0.717) is 66.7 Å². The number of pyridine rings is 1. The van der Waals surface area contributed by atoms with E-state index in [1.54, 1.807) is 18.2 Å². The van der Waals surface area contributed by atoms with Crippen molar-refractivity contribution in [2.45, 2.75) is 141 Å². The number of aromatic nitrogens is 1. The molecule has 384 valence electrons. The van der Waals surface area contributed by atoms with E-state index in [1.807, 2.05) is 19.2 Å². The summed E-state index contributed by atoms with van der Waals surface area (Å²) in [7, 11) is 1.51. The molecule has 8 unspecified atom stereocenters. The number of fused-ring (bicyclic) bond motifs is 2. The molecule has 4 aromatic rings. The number of nitrogens with two attached hydrogens (primary N) is 1. The second-order valence-corrected chi connectivity index (χ2v) is 22.8. The number of nitrogens with zero attached hydrogens (tertiary/aromatic N) is 1. The maximum absolute atomic E-state index is 13.8. The number of aliphatic hydroxyl groups is 1. The van der Waals surface area contributed by atoms with E-state index in [1.165, 1.54) is 81.2 Å². The SMILES string of the molecule is COc1cc(C=CC(=O)CC(=O)CCCC2(CC3C4CCNCC4CC4C=CCNC43)CC(NCC(C)O)C3(CCCC3)C2)c(Cc2cnc(N)cc2CCc2cccc(CCc3ccccc3)c2)cc1O. The van der Waals surface area contributed by atoms with Crippen LogP contribution in [0.25, 0.3) is 6.08 Å². The van der Waals surface area contributed by atoms with Gasteiger partial charge in [0.15, 0.2) is 17.3 Å². The molecule has 9 rings (SSSR count). The first-order valence-corrected chi connectivity index (χ1v) is 27.5. The molecule has 0 bridgehead atoms. The summed E-state index contributed by atoms with van der Waals surface area (Å²) in [5, 5.41) is 33.0. The Morgan fingerprint density at radius 1 is 0.972 bits per heavy atom. The third kappa shape index (κ3) is 12.8. The molecule has 3 aromatic carbocycles. The van der Waals surface area contributed by atoms with Gasteiger partial charge in [-0.05, 0) is 208 Å². The first kappa shape index (κ1) is 51.8. The Kier molecular flexibility index (Phi) is 17.1. The zero-order chi connectivity index (χ0) is 50.1. The highest BCUT2D eigenvalue weighted by Gasteiger charge is 2.57. The van der Waals surface area contributed by atoms with Gasteiger partial charge in [-0.2, -0.15) is 0 Å². The van der Waals surface area contributed by atoms with Gasteiger partial charge in [0.25, 0.3) is 0 Å². The molecule has 3 saturated carbocycles. The number of anilines is 1. The van der Waals surface area contributed by atoms with Crippen molar-refractivity contribution in [1.82, 2.24) is 20.9 Å². The van der Waals surface area contributed by atoms with E-state index in [9.17, 15) is 19.8 Å². The van der Waals surface area contributed by atoms with E-state index in [4.69, 9.17) is 10.5 Å². The van der Waals surface area contributed by atoms with Crippen molar-refractivity contribution >= 4 is 23.5 Å². The smallest absolute Gasteiger partial charge is 0.163 e. The summed E-state index contributed by atoms with van der Waals surface area (Å²) in [5.74, 6) is 3.06. The van der Waals surface area contributed by atoms with Crippen molar-refractivity contribution in [3.05, 3.63) is 136 Å². The van der Waals surface area contributed by atoms with Gasteiger partial charge in [0.1, 0.15) is 11.6 Å². The van der Waals surface area contributed by atoms with Gasteiger partial charge >= 0.3 is 0 Å². The highest BCUT2D eigenvalue weighted by Crippen LogP contribution is 2.63. The van der Waals surface area contributed by atoms with Gasteiger partial charge in [0.2, 0.25) is 0 Å². The standard InChI is InChI=1S/C62H81N5O5/c1-42(68)38-66-58-37-61(41-62(58)25-6-7-26-62,36-55-54-23-28-64-39-51(54)30-48-15-10-27-65-60(48)55)24-9-16-52(69)35-53(70)22-21-46-33-57(72-2)56(71)32-49(46)31-50-40-67-59(63)34-47(50)20-19-45-14-8-13-44(29-45)18-17-43-11-4-3-5-12-43/h3-5,8,10-15,21-22,29,32-34,40,42,48,51,54-55,58,60,64-66,68,71H,6-7,9,16-20,23-28,30-31,35-39,41H2,1-2H3,(H2,63,67). The van der Waals surface area contributed by atoms with Crippen LogP contribution in [0.1, 0.15) is 129 Å². The Hall–Kier alpha value is -5.13. The van der Waals surface area contributed by atoms with E-state index in [-0.39, 0.29) is 34.6 Å². The van der Waals surface area contributed by atoms with E-state index < -0.39 is 6.10 Å². The number of aryl methyl sites for hydroxylation is 4. The minimum absolute atomic E-state index is 0.0121. The van der Waals surface area contributed by atoms with Crippen molar-refractivity contribution in [2.75, 3.05) is 39.0 Å². The molecule has 1 saturated heterocycles. The van der Waals surface area contributed by atoms with Gasteiger partial charge in [0.05, 0.1) is 19.6 Å². The lowest BCUT2D eigenvalue weighted by Crippen LogP contribution is -2.57. The van der Waals surface area contributed by atoms with E-state index in [2.05, 4.69) is 87.7 Å². The van der Waals surface area contributed by atoms with Crippen LogP contribution in [0.15, 0.2) is 97.2 Å². The Balaban J connectivity index is 0.861. The molecule has 7 N–H and O–H groups in total. The fraction of sp³-hybridized carbons (Fsp3) is 0.532. The number of piperidine rings is 1. The van der Waals surface area contributed by atoms with Gasteiger partial charge < -0.3 is 36.6 Å². The molecule has 2 aliphatic heterocycles. The molecule has 0 radical (unpaired) electrons. The molecule has 3 heterocycles. The van der Waals surface area contributed by atoms with E-state index in [0.717, 1.165) is 86.8 Å². The average Bonchev–Trinajstić information content (AvgIpc) is 3.98. The Morgan fingerprint density at radius 2 is 1.75 bits per heavy atom. The predicted molar refractivity (Wildman–Crippen MR) is 289 cm³/mol. The van der Waals surface area contributed by atoms with Crippen LogP contribution in [0.4, 0.5) is 5.82 Å². The zero-order valence-corrected chi connectivity index (χ0v) is 43.1. The first-order valence-electron chi connectivity index (χ1n) is 27.5. The third-order valence-electron chi connectivity index (χ3n) is 17.7. The summed E-state index contributed by atoms with van der Waals surface area (Å²) in [6, 6.07) is 25.6. The normalized spacial score (nSPS) is 25.9. The maximum atomic E-state index is 13.8. The van der Waals surface area contributed by atoms with Crippen molar-refractivity contribution in [3.8, 4) is 11.5 Å². The molecule has 1 aromatic heterocycles. The Labute approximate surface area is 429 Å². The number of methoxy groups -OCH3 is 1. The van der Waals surface area contributed by atoms with Crippen LogP contribution in [0, 0.1) is 34.5 Å². The molecule has 0 amide bonds. The number of nitrogens with one attached hydrogen (secondary N) is 3. The number of carbonyl (C=O) groups is 2. The van der Waals surface area contributed by atoms with Crippen LogP contribution in [0.2, 0.25) is 0 Å². The summed E-state index contributed by atoms with van der Waals surface area (Å²) in [6.07, 6.45) is 26.5. The second kappa shape index (κ2) is 23.8. The number of benzene rings is 3. The van der Waals surface area contributed by atoms with Crippen LogP contribution < -0.4 is 26.4 Å². The van der Waals surface area contributed by atoms with E-state index >= 15 is 0 Å². The monoisotopic (exact) mass is 976 g/mol.